The molecule has 7 heteroatoms. The number of hydrogen-bond donors (Lipinski definition) is 1. The first-order valence-corrected chi connectivity index (χ1v) is 12.4. The highest BCUT2D eigenvalue weighted by Gasteiger charge is 2.54. The number of nitrogens with one attached hydrogen (secondary N) is 1. The zero-order valence-electron chi connectivity index (χ0n) is 18.9. The van der Waals surface area contributed by atoms with Gasteiger partial charge >= 0.3 is 0 Å². The van der Waals surface area contributed by atoms with Crippen LogP contribution in [0.3, 0.4) is 0 Å². The van der Waals surface area contributed by atoms with Gasteiger partial charge in [-0.1, -0.05) is 47.5 Å². The van der Waals surface area contributed by atoms with Crippen LogP contribution in [0.25, 0.3) is 10.4 Å². The molecule has 5 nitrogen and oxygen atoms in total. The van der Waals surface area contributed by atoms with E-state index < -0.39 is 0 Å². The van der Waals surface area contributed by atoms with Gasteiger partial charge in [0.2, 0.25) is 0 Å². The molecule has 1 N–H and O–H groups in total. The summed E-state index contributed by atoms with van der Waals surface area (Å²) in [7, 11) is 0. The first-order chi connectivity index (χ1) is 15.8. The van der Waals surface area contributed by atoms with Gasteiger partial charge in [0.15, 0.2) is 0 Å². The lowest BCUT2D eigenvalue weighted by Crippen LogP contribution is -2.45. The Hall–Kier alpha value is -2.70. The highest BCUT2D eigenvalue weighted by Crippen LogP contribution is 2.48. The van der Waals surface area contributed by atoms with E-state index >= 15 is 0 Å². The minimum atomic E-state index is -0.159. The van der Waals surface area contributed by atoms with Gasteiger partial charge in [0, 0.05) is 23.2 Å². The molecule has 2 fully saturated rings. The molecule has 170 valence electrons. The molecule has 1 aliphatic heterocycles. The summed E-state index contributed by atoms with van der Waals surface area (Å²) in [6.07, 6.45) is 1.95. The number of fused-ring (bicyclic) bond motifs is 1. The van der Waals surface area contributed by atoms with Crippen molar-refractivity contribution in [2.24, 2.45) is 5.92 Å². The van der Waals surface area contributed by atoms with Crippen molar-refractivity contribution in [1.29, 1.82) is 0 Å². The molecule has 33 heavy (non-hydrogen) atoms. The van der Waals surface area contributed by atoms with E-state index in [1.165, 1.54) is 0 Å². The Labute approximate surface area is 202 Å². The second kappa shape index (κ2) is 8.58. The van der Waals surface area contributed by atoms with Crippen LogP contribution < -0.4 is 5.32 Å². The molecule has 5 rings (SSSR count). The van der Waals surface area contributed by atoms with Crippen molar-refractivity contribution in [1.82, 2.24) is 15.2 Å². The molecule has 1 aromatic heterocycles. The van der Waals surface area contributed by atoms with E-state index in [4.69, 9.17) is 11.6 Å². The number of likely N-dealkylation sites (tertiary alicyclic amines) is 1. The van der Waals surface area contributed by atoms with Crippen LogP contribution in [0.5, 0.6) is 0 Å². The minimum Gasteiger partial charge on any atom is -0.350 e. The Morgan fingerprint density at radius 2 is 1.94 bits per heavy atom. The van der Waals surface area contributed by atoms with Crippen LogP contribution in [0, 0.1) is 26.7 Å². The standard InChI is InChI=1S/C26H26ClN3O2S/c1-14-6-4-7-17(10-14)24-23(29-16(3)33-24)26(32)30-19(11-18-12-22(18)30)13-28-25(31)20-8-5-9-21(27)15(20)2/h4-10,18-19,22H,11-13H2,1-3H3,(H,28,31)/t18-,19-,22-/m0/s1. The predicted molar refractivity (Wildman–Crippen MR) is 132 cm³/mol. The number of piperidine rings is 1. The van der Waals surface area contributed by atoms with Gasteiger partial charge in [0.1, 0.15) is 5.69 Å². The van der Waals surface area contributed by atoms with Gasteiger partial charge in [-0.25, -0.2) is 4.98 Å². The van der Waals surface area contributed by atoms with Crippen LogP contribution in [0.4, 0.5) is 0 Å². The maximum Gasteiger partial charge on any atom is 0.274 e. The number of benzene rings is 2. The van der Waals surface area contributed by atoms with E-state index in [0.29, 0.717) is 28.7 Å². The Bertz CT molecular complexity index is 1250. The lowest BCUT2D eigenvalue weighted by atomic mass is 10.1. The highest BCUT2D eigenvalue weighted by atomic mass is 35.5. The number of hydrogen-bond acceptors (Lipinski definition) is 4. The third-order valence-electron chi connectivity index (χ3n) is 6.67. The van der Waals surface area contributed by atoms with Gasteiger partial charge in [0.25, 0.3) is 11.8 Å². The minimum absolute atomic E-state index is 0.0287. The first kappa shape index (κ1) is 22.1. The van der Waals surface area contributed by atoms with Gasteiger partial charge < -0.3 is 10.2 Å². The number of aromatic nitrogens is 1. The van der Waals surface area contributed by atoms with Gasteiger partial charge in [-0.15, -0.1) is 11.3 Å². The fraction of sp³-hybridized carbons (Fsp3) is 0.346. The SMILES string of the molecule is Cc1cccc(-c2sc(C)nc2C(=O)N2[C@H](CNC(=O)c3cccc(Cl)c3C)C[C@H]3C[C@@H]32)c1. The van der Waals surface area contributed by atoms with Crippen LogP contribution in [-0.4, -0.2) is 40.3 Å². The van der Waals surface area contributed by atoms with Crippen LogP contribution in [0.15, 0.2) is 42.5 Å². The monoisotopic (exact) mass is 479 g/mol. The van der Waals surface area contributed by atoms with Crippen molar-refractivity contribution in [3.05, 3.63) is 74.9 Å². The summed E-state index contributed by atoms with van der Waals surface area (Å²) >= 11 is 7.74. The number of aryl methyl sites for hydroxylation is 2. The third kappa shape index (κ3) is 4.18. The molecule has 1 aliphatic carbocycles. The van der Waals surface area contributed by atoms with Crippen LogP contribution in [-0.2, 0) is 0 Å². The van der Waals surface area contributed by atoms with Crippen molar-refractivity contribution in [3.63, 3.8) is 0 Å². The molecule has 2 aromatic carbocycles. The molecule has 0 bridgehead atoms. The second-order valence-corrected chi connectivity index (χ2v) is 10.7. The summed E-state index contributed by atoms with van der Waals surface area (Å²) in [5.41, 5.74) is 4.03. The summed E-state index contributed by atoms with van der Waals surface area (Å²) in [6.45, 7) is 6.26. The number of amides is 2. The molecule has 0 spiro atoms. The van der Waals surface area contributed by atoms with Crippen molar-refractivity contribution >= 4 is 34.8 Å². The number of carbonyl (C=O) groups is 2. The van der Waals surface area contributed by atoms with Crippen LogP contribution >= 0.6 is 22.9 Å². The molecule has 3 aromatic rings. The average molecular weight is 480 g/mol. The van der Waals surface area contributed by atoms with Gasteiger partial charge in [-0.05, 0) is 62.8 Å². The van der Waals surface area contributed by atoms with Crippen molar-refractivity contribution < 1.29 is 9.59 Å². The first-order valence-electron chi connectivity index (χ1n) is 11.2. The number of thiazole rings is 1. The molecule has 3 atom stereocenters. The zero-order valence-corrected chi connectivity index (χ0v) is 20.5. The van der Waals surface area contributed by atoms with E-state index in [9.17, 15) is 9.59 Å². The van der Waals surface area contributed by atoms with Gasteiger partial charge in [0.05, 0.1) is 15.9 Å². The zero-order chi connectivity index (χ0) is 23.3. The fourth-order valence-electron chi connectivity index (χ4n) is 4.89. The van der Waals surface area contributed by atoms with Crippen LogP contribution in [0.1, 0.15) is 49.8 Å². The van der Waals surface area contributed by atoms with E-state index in [-0.39, 0.29) is 23.9 Å². The number of rotatable bonds is 5. The number of halogens is 1. The van der Waals surface area contributed by atoms with E-state index in [0.717, 1.165) is 39.4 Å². The maximum atomic E-state index is 13.7. The Morgan fingerprint density at radius 1 is 1.15 bits per heavy atom. The maximum absolute atomic E-state index is 13.7. The van der Waals surface area contributed by atoms with E-state index in [1.807, 2.05) is 30.9 Å². The quantitative estimate of drug-likeness (QED) is 0.531. The van der Waals surface area contributed by atoms with Crippen LogP contribution in [0.2, 0.25) is 5.02 Å². The normalized spacial score (nSPS) is 21.1. The Morgan fingerprint density at radius 3 is 2.73 bits per heavy atom. The summed E-state index contributed by atoms with van der Waals surface area (Å²) < 4.78 is 0. The second-order valence-electron chi connectivity index (χ2n) is 9.07. The molecule has 1 saturated carbocycles. The van der Waals surface area contributed by atoms with Gasteiger partial charge in [-0.3, -0.25) is 9.59 Å². The molecule has 0 radical (unpaired) electrons. The smallest absolute Gasteiger partial charge is 0.274 e. The topological polar surface area (TPSA) is 62.3 Å². The fourth-order valence-corrected chi connectivity index (χ4v) is 5.97. The molecule has 0 unspecified atom stereocenters. The Kier molecular flexibility index (Phi) is 5.75. The molecule has 2 heterocycles. The Balaban J connectivity index is 1.36. The molecule has 2 aliphatic rings. The summed E-state index contributed by atoms with van der Waals surface area (Å²) in [6, 6.07) is 13.7. The van der Waals surface area contributed by atoms with E-state index in [1.54, 1.807) is 29.5 Å². The van der Waals surface area contributed by atoms with E-state index in [2.05, 4.69) is 29.4 Å². The molecule has 1 saturated heterocycles. The summed E-state index contributed by atoms with van der Waals surface area (Å²) in [4.78, 5) is 34.1. The van der Waals surface area contributed by atoms with Crippen molar-refractivity contribution in [2.75, 3.05) is 6.54 Å². The lowest BCUT2D eigenvalue weighted by Gasteiger charge is -2.28. The summed E-state index contributed by atoms with van der Waals surface area (Å²) in [5, 5.41) is 4.49. The molecule has 2 amide bonds. The number of nitrogens with zero attached hydrogens (tertiary/aromatic N) is 2. The van der Waals surface area contributed by atoms with Gasteiger partial charge in [-0.2, -0.15) is 0 Å². The predicted octanol–water partition coefficient (Wildman–Crippen LogP) is 5.42. The lowest BCUT2D eigenvalue weighted by molar-refractivity contribution is 0.0684. The molecular formula is C26H26ClN3O2S. The number of carbonyl (C=O) groups excluding carboxylic acids is 2. The highest BCUT2D eigenvalue weighted by molar-refractivity contribution is 7.15. The summed E-state index contributed by atoms with van der Waals surface area (Å²) in [5.74, 6) is 0.331. The average Bonchev–Trinajstić information content (AvgIpc) is 3.27. The van der Waals surface area contributed by atoms with Crippen molar-refractivity contribution in [3.8, 4) is 10.4 Å². The molecular weight excluding hydrogens is 454 g/mol. The largest absolute Gasteiger partial charge is 0.350 e. The van der Waals surface area contributed by atoms with Crippen molar-refractivity contribution in [2.45, 2.75) is 45.7 Å². The third-order valence-corrected chi connectivity index (χ3v) is 8.10.